The van der Waals surface area contributed by atoms with E-state index in [0.29, 0.717) is 17.3 Å². The lowest BCUT2D eigenvalue weighted by atomic mass is 10.1. The molecule has 2 aromatic heterocycles. The van der Waals surface area contributed by atoms with Gasteiger partial charge in [0, 0.05) is 29.2 Å². The van der Waals surface area contributed by atoms with E-state index >= 15 is 0 Å². The minimum atomic E-state index is 0.522. The highest BCUT2D eigenvalue weighted by Gasteiger charge is 2.12. The van der Waals surface area contributed by atoms with Gasteiger partial charge in [0.2, 0.25) is 5.82 Å². The maximum absolute atomic E-state index is 9.29. The molecule has 20 heavy (non-hydrogen) atoms. The molecule has 0 radical (unpaired) electrons. The second-order valence-electron chi connectivity index (χ2n) is 5.17. The van der Waals surface area contributed by atoms with Crippen LogP contribution in [0.1, 0.15) is 19.4 Å². The van der Waals surface area contributed by atoms with Gasteiger partial charge in [-0.2, -0.15) is 10.5 Å². The van der Waals surface area contributed by atoms with E-state index in [1.165, 1.54) is 0 Å². The van der Waals surface area contributed by atoms with E-state index in [9.17, 15) is 5.26 Å². The van der Waals surface area contributed by atoms with Crippen LogP contribution in [0.25, 0.3) is 22.3 Å². The molecule has 0 unspecified atom stereocenters. The molecule has 1 aromatic carbocycles. The average Bonchev–Trinajstić information content (AvgIpc) is 3.06. The van der Waals surface area contributed by atoms with Gasteiger partial charge in [-0.05, 0) is 29.3 Å². The number of tetrazole rings is 1. The van der Waals surface area contributed by atoms with Crippen LogP contribution in [0, 0.1) is 17.2 Å². The molecule has 0 spiro atoms. The molecule has 6 heteroatoms. The number of nitrogens with one attached hydrogen (secondary N) is 1. The number of H-pyrrole nitrogens is 1. The average molecular weight is 266 g/mol. The van der Waals surface area contributed by atoms with Crippen LogP contribution in [0.5, 0.6) is 0 Å². The first-order valence-corrected chi connectivity index (χ1v) is 6.46. The first-order valence-electron chi connectivity index (χ1n) is 6.46. The first-order chi connectivity index (χ1) is 9.69. The lowest BCUT2D eigenvalue weighted by Crippen LogP contribution is -2.02. The summed E-state index contributed by atoms with van der Waals surface area (Å²) < 4.78 is 2.12. The van der Waals surface area contributed by atoms with E-state index in [0.717, 1.165) is 23.0 Å². The summed E-state index contributed by atoms with van der Waals surface area (Å²) in [6, 6.07) is 8.14. The smallest absolute Gasteiger partial charge is 0.204 e. The highest BCUT2D eigenvalue weighted by molar-refractivity contribution is 5.89. The zero-order chi connectivity index (χ0) is 14.1. The quantitative estimate of drug-likeness (QED) is 0.788. The number of benzene rings is 1. The lowest BCUT2D eigenvalue weighted by molar-refractivity contribution is 0.535. The van der Waals surface area contributed by atoms with Crippen LogP contribution in [0.4, 0.5) is 0 Å². The summed E-state index contributed by atoms with van der Waals surface area (Å²) in [5.41, 5.74) is 2.58. The second-order valence-corrected chi connectivity index (χ2v) is 5.17. The van der Waals surface area contributed by atoms with Gasteiger partial charge >= 0.3 is 0 Å². The molecule has 0 saturated carbocycles. The number of nitriles is 1. The lowest BCUT2D eigenvalue weighted by Gasteiger charge is -2.08. The zero-order valence-electron chi connectivity index (χ0n) is 11.3. The van der Waals surface area contributed by atoms with E-state index in [1.54, 1.807) is 0 Å². The van der Waals surface area contributed by atoms with E-state index in [-0.39, 0.29) is 0 Å². The summed E-state index contributed by atoms with van der Waals surface area (Å²) in [6.45, 7) is 5.21. The molecule has 100 valence electrons. The molecule has 0 aliphatic heterocycles. The molecule has 0 aliphatic carbocycles. The van der Waals surface area contributed by atoms with Gasteiger partial charge in [0.15, 0.2) is 0 Å². The Labute approximate surface area is 116 Å². The van der Waals surface area contributed by atoms with E-state index in [4.69, 9.17) is 0 Å². The number of hydrogen-bond donors (Lipinski definition) is 1. The van der Waals surface area contributed by atoms with Crippen molar-refractivity contribution in [3.05, 3.63) is 30.0 Å². The van der Waals surface area contributed by atoms with Gasteiger partial charge in [-0.25, -0.2) is 0 Å². The predicted octanol–water partition coefficient (Wildman–Crippen LogP) is 2.35. The Kier molecular flexibility index (Phi) is 2.95. The molecule has 3 aromatic rings. The third-order valence-corrected chi connectivity index (χ3v) is 3.17. The van der Waals surface area contributed by atoms with Crippen LogP contribution in [0.15, 0.2) is 24.4 Å². The van der Waals surface area contributed by atoms with E-state index in [2.05, 4.69) is 45.1 Å². The van der Waals surface area contributed by atoms with Gasteiger partial charge in [0.1, 0.15) is 6.07 Å². The summed E-state index contributed by atoms with van der Waals surface area (Å²) in [7, 11) is 0. The minimum absolute atomic E-state index is 0.522. The molecule has 0 amide bonds. The maximum Gasteiger partial charge on any atom is 0.204 e. The Bertz CT molecular complexity index is 776. The van der Waals surface area contributed by atoms with Gasteiger partial charge in [0.25, 0.3) is 0 Å². The number of aromatic amines is 1. The van der Waals surface area contributed by atoms with Crippen LogP contribution < -0.4 is 0 Å². The van der Waals surface area contributed by atoms with Crippen LogP contribution in [0.3, 0.4) is 0 Å². The monoisotopic (exact) mass is 266 g/mol. The molecule has 0 fully saturated rings. The summed E-state index contributed by atoms with van der Waals surface area (Å²) in [6.07, 6.45) is 1.91. The molecule has 0 aliphatic rings. The highest BCUT2D eigenvalue weighted by Crippen LogP contribution is 2.26. The Balaban J connectivity index is 2.17. The fourth-order valence-corrected chi connectivity index (χ4v) is 2.35. The number of fused-ring (bicyclic) bond motifs is 1. The van der Waals surface area contributed by atoms with Crippen molar-refractivity contribution < 1.29 is 0 Å². The fourth-order valence-electron chi connectivity index (χ4n) is 2.35. The Morgan fingerprint density at radius 2 is 2.25 bits per heavy atom. The van der Waals surface area contributed by atoms with Crippen LogP contribution in [-0.2, 0) is 6.54 Å². The molecule has 0 saturated heterocycles. The number of rotatable bonds is 3. The fraction of sp³-hybridized carbons (Fsp3) is 0.286. The normalized spacial score (nSPS) is 11.1. The summed E-state index contributed by atoms with van der Waals surface area (Å²) in [5.74, 6) is 1.06. The Hall–Kier alpha value is -2.68. The Morgan fingerprint density at radius 3 is 2.90 bits per heavy atom. The van der Waals surface area contributed by atoms with Crippen LogP contribution in [0.2, 0.25) is 0 Å². The largest absolute Gasteiger partial charge is 0.346 e. The molecule has 3 rings (SSSR count). The standard InChI is InChI=1S/C14H14N6/c1-9(2)7-20-8-11(6-15)12-5-10(3-4-13(12)20)14-16-18-19-17-14/h3-5,8-9H,7H2,1-2H3,(H,16,17,18,19). The predicted molar refractivity (Wildman–Crippen MR) is 74.7 cm³/mol. The number of hydrogen-bond acceptors (Lipinski definition) is 4. The molecule has 1 N–H and O–H groups in total. The van der Waals surface area contributed by atoms with E-state index in [1.807, 2.05) is 24.4 Å². The van der Waals surface area contributed by atoms with Crippen LogP contribution >= 0.6 is 0 Å². The third-order valence-electron chi connectivity index (χ3n) is 3.17. The Morgan fingerprint density at radius 1 is 1.40 bits per heavy atom. The van der Waals surface area contributed by atoms with Crippen molar-refractivity contribution >= 4 is 10.9 Å². The topological polar surface area (TPSA) is 83.2 Å². The zero-order valence-corrected chi connectivity index (χ0v) is 11.3. The molecule has 0 atom stereocenters. The van der Waals surface area contributed by atoms with Gasteiger partial charge in [-0.1, -0.05) is 13.8 Å². The van der Waals surface area contributed by atoms with Crippen molar-refractivity contribution in [3.63, 3.8) is 0 Å². The molecule has 6 nitrogen and oxygen atoms in total. The van der Waals surface area contributed by atoms with E-state index < -0.39 is 0 Å². The number of nitrogens with zero attached hydrogens (tertiary/aromatic N) is 5. The maximum atomic E-state index is 9.29. The summed E-state index contributed by atoms with van der Waals surface area (Å²) in [4.78, 5) is 0. The van der Waals surface area contributed by atoms with Crippen LogP contribution in [-0.4, -0.2) is 25.2 Å². The SMILES string of the molecule is CC(C)Cn1cc(C#N)c2cc(-c3nn[nH]n3)ccc21. The third kappa shape index (κ3) is 2.03. The minimum Gasteiger partial charge on any atom is -0.346 e. The molecule has 0 bridgehead atoms. The molecular formula is C14H14N6. The van der Waals surface area contributed by atoms with Gasteiger partial charge in [0.05, 0.1) is 5.56 Å². The van der Waals surface area contributed by atoms with Gasteiger partial charge in [-0.15, -0.1) is 10.2 Å². The molecule has 2 heterocycles. The van der Waals surface area contributed by atoms with Crippen molar-refractivity contribution in [1.82, 2.24) is 25.2 Å². The second kappa shape index (κ2) is 4.78. The van der Waals surface area contributed by atoms with Crippen molar-refractivity contribution in [2.24, 2.45) is 5.92 Å². The van der Waals surface area contributed by atoms with Gasteiger partial charge in [-0.3, -0.25) is 0 Å². The summed E-state index contributed by atoms with van der Waals surface area (Å²) >= 11 is 0. The molecular weight excluding hydrogens is 252 g/mol. The highest BCUT2D eigenvalue weighted by atomic mass is 15.5. The summed E-state index contributed by atoms with van der Waals surface area (Å²) in [5, 5.41) is 24.1. The number of aromatic nitrogens is 5. The van der Waals surface area contributed by atoms with Crippen molar-refractivity contribution in [3.8, 4) is 17.5 Å². The first kappa shape index (κ1) is 12.4. The van der Waals surface area contributed by atoms with Gasteiger partial charge < -0.3 is 4.57 Å². The van der Waals surface area contributed by atoms with Crippen molar-refractivity contribution in [2.75, 3.05) is 0 Å². The van der Waals surface area contributed by atoms with Crippen molar-refractivity contribution in [1.29, 1.82) is 5.26 Å². The van der Waals surface area contributed by atoms with Crippen molar-refractivity contribution in [2.45, 2.75) is 20.4 Å².